The summed E-state index contributed by atoms with van der Waals surface area (Å²) in [7, 11) is -5.64. The molecule has 2 fully saturated rings. The first-order chi connectivity index (χ1) is 16.3. The minimum Gasteiger partial charge on any atom is -0.414 e. The van der Waals surface area contributed by atoms with Crippen LogP contribution in [0.3, 0.4) is 0 Å². The first kappa shape index (κ1) is 26.4. The number of anilines is 1. The van der Waals surface area contributed by atoms with Crippen molar-refractivity contribution in [1.82, 2.24) is 19.5 Å². The number of nitrogens with one attached hydrogen (secondary N) is 1. The lowest BCUT2D eigenvalue weighted by atomic mass is 10.1. The topological polar surface area (TPSA) is 147 Å². The standard InChI is InChI=1S/C22H39N5O6Si2/c1-11(2)34(12(3)4)30-9-15-18(32-35(33-34,13(5)6)14(7)8)17(28)21(31-15)27-10-24-16-19(27)25-22(23)26-20(16)29/h10-15,17-18,21,28H,9H2,1-8H3,(H3,23,25,26,29)/t15-,17-,18-,21-/m1/s1. The van der Waals surface area contributed by atoms with E-state index < -0.39 is 47.2 Å². The zero-order valence-electron chi connectivity index (χ0n) is 21.8. The second kappa shape index (κ2) is 9.36. The van der Waals surface area contributed by atoms with Gasteiger partial charge in [-0.05, 0) is 22.2 Å². The van der Waals surface area contributed by atoms with Gasteiger partial charge in [-0.1, -0.05) is 55.4 Å². The molecule has 35 heavy (non-hydrogen) atoms. The predicted octanol–water partition coefficient (Wildman–Crippen LogP) is 2.92. The van der Waals surface area contributed by atoms with E-state index in [-0.39, 0.29) is 45.9 Å². The molecule has 2 aromatic rings. The number of nitrogens with two attached hydrogens (primary N) is 1. The molecule has 0 aromatic carbocycles. The van der Waals surface area contributed by atoms with Gasteiger partial charge in [-0.2, -0.15) is 4.98 Å². The van der Waals surface area contributed by atoms with Crippen molar-refractivity contribution in [2.24, 2.45) is 0 Å². The van der Waals surface area contributed by atoms with Crippen LogP contribution in [0.15, 0.2) is 11.1 Å². The van der Waals surface area contributed by atoms with Crippen LogP contribution in [-0.2, 0) is 17.7 Å². The molecule has 2 aliphatic heterocycles. The molecule has 0 amide bonds. The molecule has 0 unspecified atom stereocenters. The molecule has 13 heteroatoms. The van der Waals surface area contributed by atoms with Crippen molar-refractivity contribution in [3.63, 3.8) is 0 Å². The molecular formula is C22H39N5O6Si2. The average Bonchev–Trinajstić information content (AvgIpc) is 3.28. The molecule has 4 rings (SSSR count). The molecular weight excluding hydrogens is 486 g/mol. The van der Waals surface area contributed by atoms with E-state index in [4.69, 9.17) is 23.4 Å². The van der Waals surface area contributed by atoms with Crippen molar-refractivity contribution in [3.8, 4) is 0 Å². The summed E-state index contributed by atoms with van der Waals surface area (Å²) in [4.78, 5) is 23.1. The van der Waals surface area contributed by atoms with Crippen molar-refractivity contribution >= 4 is 34.2 Å². The van der Waals surface area contributed by atoms with Crippen molar-refractivity contribution < 1.29 is 22.8 Å². The first-order valence-corrected chi connectivity index (χ1v) is 16.4. The Bertz CT molecular complexity index is 1100. The first-order valence-electron chi connectivity index (χ1n) is 12.4. The summed E-state index contributed by atoms with van der Waals surface area (Å²) < 4.78 is 28.7. The number of aliphatic hydroxyl groups is 1. The summed E-state index contributed by atoms with van der Waals surface area (Å²) in [5.74, 6) is -0.0357. The highest BCUT2D eigenvalue weighted by molar-refractivity contribution is 6.83. The van der Waals surface area contributed by atoms with Crippen molar-refractivity contribution in [2.75, 3.05) is 12.3 Å². The number of hydrogen-bond donors (Lipinski definition) is 3. The van der Waals surface area contributed by atoms with Gasteiger partial charge < -0.3 is 28.5 Å². The maximum absolute atomic E-state index is 12.3. The fraction of sp³-hybridized carbons (Fsp3) is 0.773. The van der Waals surface area contributed by atoms with Gasteiger partial charge in [-0.3, -0.25) is 14.3 Å². The van der Waals surface area contributed by atoms with Gasteiger partial charge in [0.25, 0.3) is 5.56 Å². The van der Waals surface area contributed by atoms with Crippen LogP contribution in [-0.4, -0.2) is 66.7 Å². The van der Waals surface area contributed by atoms with Crippen LogP contribution < -0.4 is 11.3 Å². The number of rotatable bonds is 5. The third-order valence-electron chi connectivity index (χ3n) is 7.37. The lowest BCUT2D eigenvalue weighted by Gasteiger charge is -2.51. The Morgan fingerprint density at radius 2 is 1.69 bits per heavy atom. The molecule has 0 radical (unpaired) electrons. The summed E-state index contributed by atoms with van der Waals surface area (Å²) in [6, 6.07) is 0. The van der Waals surface area contributed by atoms with Crippen LogP contribution >= 0.6 is 0 Å². The van der Waals surface area contributed by atoms with Gasteiger partial charge >= 0.3 is 17.1 Å². The number of hydrogen-bond acceptors (Lipinski definition) is 9. The van der Waals surface area contributed by atoms with E-state index in [2.05, 4.69) is 70.3 Å². The Morgan fingerprint density at radius 1 is 1.09 bits per heavy atom. The van der Waals surface area contributed by atoms with Gasteiger partial charge in [-0.25, -0.2) is 4.98 Å². The Labute approximate surface area is 207 Å². The van der Waals surface area contributed by atoms with Crippen LogP contribution in [0.1, 0.15) is 61.6 Å². The number of aliphatic hydroxyl groups excluding tert-OH is 1. The summed E-state index contributed by atoms with van der Waals surface area (Å²) in [6.07, 6.45) is -1.67. The molecule has 11 nitrogen and oxygen atoms in total. The Kier molecular flexibility index (Phi) is 7.07. The van der Waals surface area contributed by atoms with E-state index in [9.17, 15) is 9.90 Å². The lowest BCUT2D eigenvalue weighted by molar-refractivity contribution is -0.0570. The molecule has 196 valence electrons. The average molecular weight is 526 g/mol. The second-order valence-electron chi connectivity index (χ2n) is 10.9. The molecule has 0 aliphatic carbocycles. The van der Waals surface area contributed by atoms with Crippen molar-refractivity contribution in [1.29, 1.82) is 0 Å². The zero-order chi connectivity index (χ0) is 25.9. The number of H-pyrrole nitrogens is 1. The van der Waals surface area contributed by atoms with Crippen LogP contribution in [0.25, 0.3) is 11.2 Å². The van der Waals surface area contributed by atoms with Crippen molar-refractivity contribution in [3.05, 3.63) is 16.7 Å². The van der Waals surface area contributed by atoms with Gasteiger partial charge in [0.1, 0.15) is 18.3 Å². The molecule has 2 aliphatic rings. The fourth-order valence-corrected chi connectivity index (χ4v) is 16.7. The van der Waals surface area contributed by atoms with E-state index >= 15 is 0 Å². The van der Waals surface area contributed by atoms with Gasteiger partial charge in [0, 0.05) is 0 Å². The Balaban J connectivity index is 1.79. The monoisotopic (exact) mass is 525 g/mol. The lowest BCUT2D eigenvalue weighted by Crippen LogP contribution is -2.65. The minimum atomic E-state index is -2.91. The fourth-order valence-electron chi connectivity index (χ4n) is 5.50. The second-order valence-corrected chi connectivity index (χ2v) is 19.7. The Morgan fingerprint density at radius 3 is 2.26 bits per heavy atom. The zero-order valence-corrected chi connectivity index (χ0v) is 23.8. The van der Waals surface area contributed by atoms with Crippen LogP contribution in [0.4, 0.5) is 5.95 Å². The Hall–Kier alpha value is -1.62. The van der Waals surface area contributed by atoms with E-state index in [1.165, 1.54) is 6.33 Å². The number of aromatic nitrogens is 4. The number of ether oxygens (including phenoxy) is 1. The highest BCUT2D eigenvalue weighted by atomic mass is 28.5. The summed E-state index contributed by atoms with van der Waals surface area (Å²) in [5, 5.41) is 11.5. The molecule has 2 aromatic heterocycles. The highest BCUT2D eigenvalue weighted by Gasteiger charge is 2.61. The predicted molar refractivity (Wildman–Crippen MR) is 136 cm³/mol. The van der Waals surface area contributed by atoms with Crippen LogP contribution in [0, 0.1) is 0 Å². The SMILES string of the molecule is CC(C)[Si]1(C(C)C)OC[C@H]2O[C@@H](n3cnc4c(=O)[nH]c(N)nc43)[C@H](O)[C@@H]2O[Si](C(C)C)(C(C)C)O1. The summed E-state index contributed by atoms with van der Waals surface area (Å²) in [6.45, 7) is 17.4. The molecule has 2 saturated heterocycles. The molecule has 4 atom stereocenters. The third kappa shape index (κ3) is 4.20. The molecule has 0 saturated carbocycles. The maximum atomic E-state index is 12.3. The number of imidazole rings is 1. The number of nitrogen functional groups attached to an aromatic ring is 1. The third-order valence-corrected chi connectivity index (χ3v) is 17.6. The summed E-state index contributed by atoms with van der Waals surface area (Å²) in [5.41, 5.74) is 6.33. The quantitative estimate of drug-likeness (QED) is 0.501. The molecule has 4 N–H and O–H groups in total. The molecule has 0 spiro atoms. The normalized spacial score (nSPS) is 28.7. The van der Waals surface area contributed by atoms with Gasteiger partial charge in [-0.15, -0.1) is 0 Å². The van der Waals surface area contributed by atoms with Gasteiger partial charge in [0.05, 0.1) is 12.9 Å². The largest absolute Gasteiger partial charge is 0.414 e. The van der Waals surface area contributed by atoms with E-state index in [1.54, 1.807) is 4.57 Å². The van der Waals surface area contributed by atoms with Crippen LogP contribution in [0.5, 0.6) is 0 Å². The van der Waals surface area contributed by atoms with Gasteiger partial charge in [0.15, 0.2) is 17.4 Å². The van der Waals surface area contributed by atoms with Crippen molar-refractivity contribution in [2.45, 2.75) is 102 Å². The number of fused-ring (bicyclic) bond motifs is 2. The van der Waals surface area contributed by atoms with Gasteiger partial charge in [0.2, 0.25) is 5.95 Å². The minimum absolute atomic E-state index is 0.0357. The van der Waals surface area contributed by atoms with E-state index in [1.807, 2.05) is 0 Å². The highest BCUT2D eigenvalue weighted by Crippen LogP contribution is 2.48. The number of aromatic amines is 1. The van der Waals surface area contributed by atoms with Crippen LogP contribution in [0.2, 0.25) is 22.2 Å². The van der Waals surface area contributed by atoms with E-state index in [0.29, 0.717) is 0 Å². The van der Waals surface area contributed by atoms with E-state index in [0.717, 1.165) is 0 Å². The smallest absolute Gasteiger partial charge is 0.335 e. The number of nitrogens with zero attached hydrogens (tertiary/aromatic N) is 3. The summed E-state index contributed by atoms with van der Waals surface area (Å²) >= 11 is 0. The molecule has 0 bridgehead atoms. The maximum Gasteiger partial charge on any atom is 0.335 e. The molecule has 4 heterocycles.